The molecule has 0 radical (unpaired) electrons. The fourth-order valence-corrected chi connectivity index (χ4v) is 1.55. The van der Waals surface area contributed by atoms with E-state index < -0.39 is 0 Å². The molecular weight excluding hydrogens is 206 g/mol. The third-order valence-corrected chi connectivity index (χ3v) is 2.44. The number of hydrogen-bond acceptors (Lipinski definition) is 3. The number of aryl methyl sites for hydroxylation is 2. The molecular formula is C12H15NO3. The fraction of sp³-hybridized carbons (Fsp3) is 0.333. The number of phenols is 1. The molecule has 86 valence electrons. The average Bonchev–Trinajstić information content (AvgIpc) is 2.21. The van der Waals surface area contributed by atoms with Gasteiger partial charge in [0.15, 0.2) is 0 Å². The minimum Gasteiger partial charge on any atom is -0.507 e. The molecule has 16 heavy (non-hydrogen) atoms. The summed E-state index contributed by atoms with van der Waals surface area (Å²) in [4.78, 5) is 10.3. The summed E-state index contributed by atoms with van der Waals surface area (Å²) in [6, 6.07) is 3.48. The van der Waals surface area contributed by atoms with Gasteiger partial charge in [0.25, 0.3) is 0 Å². The molecule has 0 aliphatic rings. The van der Waals surface area contributed by atoms with E-state index in [0.29, 0.717) is 6.42 Å². The van der Waals surface area contributed by atoms with Crippen LogP contribution in [0, 0.1) is 24.0 Å². The Labute approximate surface area is 94.4 Å². The molecule has 0 heterocycles. The Bertz CT molecular complexity index is 427. The Balaban J connectivity index is 3.20. The van der Waals surface area contributed by atoms with E-state index in [-0.39, 0.29) is 16.4 Å². The van der Waals surface area contributed by atoms with Crippen LogP contribution in [0.2, 0.25) is 0 Å². The third kappa shape index (κ3) is 2.59. The highest BCUT2D eigenvalue weighted by Crippen LogP contribution is 2.24. The summed E-state index contributed by atoms with van der Waals surface area (Å²) in [7, 11) is 0. The van der Waals surface area contributed by atoms with Crippen LogP contribution in [0.15, 0.2) is 17.8 Å². The Morgan fingerprint density at radius 2 is 1.94 bits per heavy atom. The number of nitrogens with zero attached hydrogens (tertiary/aromatic N) is 1. The highest BCUT2D eigenvalue weighted by atomic mass is 16.6. The number of hydrogen-bond donors (Lipinski definition) is 1. The first-order valence-electron chi connectivity index (χ1n) is 5.11. The molecule has 1 rings (SSSR count). The lowest BCUT2D eigenvalue weighted by molar-refractivity contribution is -0.425. The summed E-state index contributed by atoms with van der Waals surface area (Å²) in [5.74, 6) is 0.247. The Kier molecular flexibility index (Phi) is 3.66. The van der Waals surface area contributed by atoms with Crippen molar-refractivity contribution in [2.45, 2.75) is 27.2 Å². The molecule has 0 spiro atoms. The zero-order valence-electron chi connectivity index (χ0n) is 9.65. The van der Waals surface area contributed by atoms with E-state index in [1.165, 1.54) is 0 Å². The van der Waals surface area contributed by atoms with Gasteiger partial charge in [0.05, 0.1) is 4.92 Å². The monoisotopic (exact) mass is 221 g/mol. The first-order chi connectivity index (χ1) is 7.45. The second kappa shape index (κ2) is 4.79. The molecule has 0 aromatic heterocycles. The van der Waals surface area contributed by atoms with E-state index in [9.17, 15) is 15.2 Å². The first kappa shape index (κ1) is 12.2. The molecule has 4 heteroatoms. The zero-order chi connectivity index (χ0) is 12.3. The van der Waals surface area contributed by atoms with E-state index in [1.807, 2.05) is 0 Å². The van der Waals surface area contributed by atoms with Crippen molar-refractivity contribution < 1.29 is 10.0 Å². The minimum absolute atomic E-state index is 0.171. The van der Waals surface area contributed by atoms with Gasteiger partial charge in [-0.05, 0) is 42.7 Å². The van der Waals surface area contributed by atoms with Crippen LogP contribution in [0.3, 0.4) is 0 Å². The number of rotatable bonds is 3. The van der Waals surface area contributed by atoms with E-state index in [0.717, 1.165) is 16.7 Å². The van der Waals surface area contributed by atoms with Gasteiger partial charge in [-0.2, -0.15) is 0 Å². The van der Waals surface area contributed by atoms with Crippen molar-refractivity contribution in [3.05, 3.63) is 44.6 Å². The SMILES string of the molecule is CCC(=Cc1cc(C)c(O)c(C)c1)[N+](=O)[O-]. The van der Waals surface area contributed by atoms with E-state index in [4.69, 9.17) is 0 Å². The third-order valence-electron chi connectivity index (χ3n) is 2.44. The highest BCUT2D eigenvalue weighted by Gasteiger charge is 2.08. The van der Waals surface area contributed by atoms with Gasteiger partial charge in [-0.1, -0.05) is 6.92 Å². The smallest absolute Gasteiger partial charge is 0.246 e. The van der Waals surface area contributed by atoms with Crippen LogP contribution in [0.4, 0.5) is 0 Å². The number of nitro groups is 1. The van der Waals surface area contributed by atoms with E-state index >= 15 is 0 Å². The molecule has 0 aliphatic carbocycles. The molecule has 1 aromatic rings. The predicted molar refractivity (Wildman–Crippen MR) is 62.8 cm³/mol. The topological polar surface area (TPSA) is 63.4 Å². The second-order valence-corrected chi connectivity index (χ2v) is 3.75. The van der Waals surface area contributed by atoms with Gasteiger partial charge in [0, 0.05) is 12.5 Å². The largest absolute Gasteiger partial charge is 0.507 e. The quantitative estimate of drug-likeness (QED) is 0.630. The Morgan fingerprint density at radius 1 is 1.44 bits per heavy atom. The molecule has 0 saturated carbocycles. The molecule has 0 bridgehead atoms. The van der Waals surface area contributed by atoms with Gasteiger partial charge in [-0.25, -0.2) is 0 Å². The molecule has 0 amide bonds. The van der Waals surface area contributed by atoms with Crippen LogP contribution >= 0.6 is 0 Å². The summed E-state index contributed by atoms with van der Waals surface area (Å²) in [6.07, 6.45) is 1.92. The van der Waals surface area contributed by atoms with Gasteiger partial charge >= 0.3 is 0 Å². The lowest BCUT2D eigenvalue weighted by Gasteiger charge is -2.04. The number of allylic oxidation sites excluding steroid dienone is 1. The van der Waals surface area contributed by atoms with Gasteiger partial charge in [-0.3, -0.25) is 10.1 Å². The van der Waals surface area contributed by atoms with Gasteiger partial charge < -0.3 is 5.11 Å². The second-order valence-electron chi connectivity index (χ2n) is 3.75. The maximum absolute atomic E-state index is 10.7. The average molecular weight is 221 g/mol. The van der Waals surface area contributed by atoms with Gasteiger partial charge in [0.2, 0.25) is 5.70 Å². The van der Waals surface area contributed by atoms with E-state index in [2.05, 4.69) is 0 Å². The van der Waals surface area contributed by atoms with Crippen LogP contribution in [0.1, 0.15) is 30.0 Å². The maximum atomic E-state index is 10.7. The van der Waals surface area contributed by atoms with Crippen molar-refractivity contribution in [3.63, 3.8) is 0 Å². The molecule has 0 unspecified atom stereocenters. The summed E-state index contributed by atoms with van der Waals surface area (Å²) >= 11 is 0. The lowest BCUT2D eigenvalue weighted by atomic mass is 10.0. The number of benzene rings is 1. The first-order valence-corrected chi connectivity index (χ1v) is 5.11. The molecule has 1 aromatic carbocycles. The molecule has 0 fully saturated rings. The van der Waals surface area contributed by atoms with Crippen molar-refractivity contribution in [1.82, 2.24) is 0 Å². The zero-order valence-corrected chi connectivity index (χ0v) is 9.65. The van der Waals surface area contributed by atoms with Crippen molar-refractivity contribution >= 4 is 6.08 Å². The van der Waals surface area contributed by atoms with Gasteiger partial charge in [0.1, 0.15) is 5.75 Å². The summed E-state index contributed by atoms with van der Waals surface area (Å²) < 4.78 is 0. The molecule has 1 N–H and O–H groups in total. The van der Waals surface area contributed by atoms with Crippen molar-refractivity contribution in [3.8, 4) is 5.75 Å². The lowest BCUT2D eigenvalue weighted by Crippen LogP contribution is -1.96. The van der Waals surface area contributed by atoms with Crippen molar-refractivity contribution in [2.24, 2.45) is 0 Å². The highest BCUT2D eigenvalue weighted by molar-refractivity contribution is 5.56. The fourth-order valence-electron chi connectivity index (χ4n) is 1.55. The normalized spacial score (nSPS) is 11.6. The maximum Gasteiger partial charge on any atom is 0.246 e. The Morgan fingerprint density at radius 3 is 2.31 bits per heavy atom. The number of aromatic hydroxyl groups is 1. The molecule has 0 aliphatic heterocycles. The number of phenolic OH excluding ortho intramolecular Hbond substituents is 1. The summed E-state index contributed by atoms with van der Waals surface area (Å²) in [5.41, 5.74) is 2.38. The molecule has 0 atom stereocenters. The van der Waals surface area contributed by atoms with E-state index in [1.54, 1.807) is 39.0 Å². The van der Waals surface area contributed by atoms with Crippen LogP contribution < -0.4 is 0 Å². The van der Waals surface area contributed by atoms with Crippen LogP contribution in [0.5, 0.6) is 5.75 Å². The predicted octanol–water partition coefficient (Wildman–Crippen LogP) is 3.04. The van der Waals surface area contributed by atoms with Crippen LogP contribution in [0.25, 0.3) is 6.08 Å². The minimum atomic E-state index is -0.377. The Hall–Kier alpha value is -1.84. The van der Waals surface area contributed by atoms with Crippen LogP contribution in [-0.4, -0.2) is 10.0 Å². The van der Waals surface area contributed by atoms with Crippen molar-refractivity contribution in [2.75, 3.05) is 0 Å². The molecule has 4 nitrogen and oxygen atoms in total. The standard InChI is InChI=1S/C12H15NO3/c1-4-11(13(15)16)7-10-5-8(2)12(14)9(3)6-10/h5-7,14H,4H2,1-3H3. The van der Waals surface area contributed by atoms with Gasteiger partial charge in [-0.15, -0.1) is 0 Å². The summed E-state index contributed by atoms with van der Waals surface area (Å²) in [5, 5.41) is 20.2. The molecule has 0 saturated heterocycles. The summed E-state index contributed by atoms with van der Waals surface area (Å²) in [6.45, 7) is 5.30. The van der Waals surface area contributed by atoms with Crippen LogP contribution in [-0.2, 0) is 0 Å². The van der Waals surface area contributed by atoms with Crippen molar-refractivity contribution in [1.29, 1.82) is 0 Å².